The summed E-state index contributed by atoms with van der Waals surface area (Å²) in [5.74, 6) is 0.896. The van der Waals surface area contributed by atoms with Gasteiger partial charge in [0, 0.05) is 6.42 Å². The number of aryl methyl sites for hydroxylation is 2. The summed E-state index contributed by atoms with van der Waals surface area (Å²) < 4.78 is 5.55. The van der Waals surface area contributed by atoms with Crippen LogP contribution in [0.3, 0.4) is 0 Å². The number of hydrogen-bond acceptors (Lipinski definition) is 2. The van der Waals surface area contributed by atoms with Crippen molar-refractivity contribution in [1.82, 2.24) is 0 Å². The Labute approximate surface area is 79.7 Å². The molecule has 0 saturated heterocycles. The molecule has 1 aromatic carbocycles. The van der Waals surface area contributed by atoms with Crippen LogP contribution in [-0.2, 0) is 0 Å². The van der Waals surface area contributed by atoms with E-state index in [0.717, 1.165) is 16.9 Å². The lowest BCUT2D eigenvalue weighted by Crippen LogP contribution is -2.27. The van der Waals surface area contributed by atoms with E-state index in [1.54, 1.807) is 0 Å². The van der Waals surface area contributed by atoms with Crippen LogP contribution in [0.5, 0.6) is 5.75 Å². The first-order valence-corrected chi connectivity index (χ1v) is 4.43. The molecule has 0 bridgehead atoms. The van der Waals surface area contributed by atoms with Crippen LogP contribution in [0, 0.1) is 20.3 Å². The van der Waals surface area contributed by atoms with Crippen molar-refractivity contribution in [1.29, 1.82) is 0 Å². The highest BCUT2D eigenvalue weighted by molar-refractivity contribution is 5.39. The highest BCUT2D eigenvalue weighted by Gasteiger charge is 2.06. The first-order valence-electron chi connectivity index (χ1n) is 4.43. The lowest BCUT2D eigenvalue weighted by Gasteiger charge is -2.16. The fraction of sp³-hybridized carbons (Fsp3) is 0.364. The van der Waals surface area contributed by atoms with E-state index in [1.807, 2.05) is 45.4 Å². The summed E-state index contributed by atoms with van der Waals surface area (Å²) in [7, 11) is 0. The SMILES string of the molecule is C[CH]C(N)Oc1c(C)cccc1C. The number of benzene rings is 1. The maximum absolute atomic E-state index is 5.66. The van der Waals surface area contributed by atoms with E-state index in [9.17, 15) is 0 Å². The summed E-state index contributed by atoms with van der Waals surface area (Å²) in [6, 6.07) is 6.05. The number of hydrogen-bond donors (Lipinski definition) is 1. The zero-order valence-electron chi connectivity index (χ0n) is 8.37. The molecular weight excluding hydrogens is 162 g/mol. The molecule has 2 heteroatoms. The molecule has 0 saturated carbocycles. The molecule has 1 atom stereocenters. The Bertz CT molecular complexity index is 263. The van der Waals surface area contributed by atoms with Crippen molar-refractivity contribution in [2.75, 3.05) is 0 Å². The van der Waals surface area contributed by atoms with E-state index in [1.165, 1.54) is 0 Å². The molecule has 0 aliphatic rings. The Morgan fingerprint density at radius 1 is 1.31 bits per heavy atom. The Morgan fingerprint density at radius 3 is 2.31 bits per heavy atom. The topological polar surface area (TPSA) is 35.2 Å². The molecule has 0 aliphatic carbocycles. The highest BCUT2D eigenvalue weighted by Crippen LogP contribution is 2.22. The maximum atomic E-state index is 5.66. The summed E-state index contributed by atoms with van der Waals surface area (Å²) in [6.07, 6.45) is 1.51. The first kappa shape index (κ1) is 10.1. The number of ether oxygens (including phenoxy) is 1. The van der Waals surface area contributed by atoms with Crippen molar-refractivity contribution < 1.29 is 4.74 Å². The smallest absolute Gasteiger partial charge is 0.150 e. The summed E-state index contributed by atoms with van der Waals surface area (Å²) in [4.78, 5) is 0. The molecule has 0 spiro atoms. The second-order valence-corrected chi connectivity index (χ2v) is 3.14. The van der Waals surface area contributed by atoms with Crippen molar-refractivity contribution in [3.63, 3.8) is 0 Å². The minimum absolute atomic E-state index is 0.320. The Morgan fingerprint density at radius 2 is 1.85 bits per heavy atom. The van der Waals surface area contributed by atoms with Crippen LogP contribution in [-0.4, -0.2) is 6.23 Å². The van der Waals surface area contributed by atoms with Gasteiger partial charge < -0.3 is 4.74 Å². The maximum Gasteiger partial charge on any atom is 0.150 e. The van der Waals surface area contributed by atoms with E-state index < -0.39 is 0 Å². The van der Waals surface area contributed by atoms with Crippen LogP contribution in [0.25, 0.3) is 0 Å². The van der Waals surface area contributed by atoms with Gasteiger partial charge in [-0.05, 0) is 25.0 Å². The minimum Gasteiger partial charge on any atom is -0.475 e. The molecular formula is C11H16NO. The van der Waals surface area contributed by atoms with Crippen LogP contribution in [0.4, 0.5) is 0 Å². The van der Waals surface area contributed by atoms with Gasteiger partial charge in [-0.25, -0.2) is 0 Å². The average molecular weight is 178 g/mol. The Kier molecular flexibility index (Phi) is 3.32. The van der Waals surface area contributed by atoms with Gasteiger partial charge in [0.1, 0.15) is 5.75 Å². The van der Waals surface area contributed by atoms with Crippen LogP contribution in [0.1, 0.15) is 18.1 Å². The number of para-hydroxylation sites is 1. The molecule has 1 radical (unpaired) electrons. The van der Waals surface area contributed by atoms with Crippen LogP contribution in [0.2, 0.25) is 0 Å². The molecule has 71 valence electrons. The number of nitrogens with two attached hydrogens (primary N) is 1. The summed E-state index contributed by atoms with van der Waals surface area (Å²) >= 11 is 0. The third kappa shape index (κ3) is 2.46. The molecule has 1 unspecified atom stereocenters. The van der Waals surface area contributed by atoms with Gasteiger partial charge in [-0.15, -0.1) is 0 Å². The van der Waals surface area contributed by atoms with Gasteiger partial charge in [-0.2, -0.15) is 0 Å². The standard InChI is InChI=1S/C11H16NO/c1-4-10(12)13-11-8(2)6-5-7-9(11)3/h4-7,10H,12H2,1-3H3. The van der Waals surface area contributed by atoms with Crippen molar-refractivity contribution in [3.8, 4) is 5.75 Å². The lowest BCUT2D eigenvalue weighted by atomic mass is 10.1. The molecule has 2 nitrogen and oxygen atoms in total. The summed E-state index contributed by atoms with van der Waals surface area (Å²) in [5.41, 5.74) is 7.91. The highest BCUT2D eigenvalue weighted by atomic mass is 16.5. The third-order valence-corrected chi connectivity index (χ3v) is 1.99. The van der Waals surface area contributed by atoms with Crippen molar-refractivity contribution in [2.45, 2.75) is 27.0 Å². The lowest BCUT2D eigenvalue weighted by molar-refractivity contribution is 0.239. The Balaban J connectivity index is 2.87. The fourth-order valence-electron chi connectivity index (χ4n) is 1.19. The van der Waals surface area contributed by atoms with E-state index in [4.69, 9.17) is 10.5 Å². The van der Waals surface area contributed by atoms with Gasteiger partial charge in [0.05, 0.1) is 0 Å². The molecule has 1 rings (SSSR count). The largest absolute Gasteiger partial charge is 0.475 e. The summed E-state index contributed by atoms with van der Waals surface area (Å²) in [6.45, 7) is 5.92. The van der Waals surface area contributed by atoms with E-state index in [-0.39, 0.29) is 6.23 Å². The molecule has 0 heterocycles. The van der Waals surface area contributed by atoms with E-state index in [0.29, 0.717) is 0 Å². The van der Waals surface area contributed by atoms with Gasteiger partial charge in [-0.1, -0.05) is 25.1 Å². The van der Waals surface area contributed by atoms with Gasteiger partial charge in [-0.3, -0.25) is 5.73 Å². The predicted molar refractivity (Wildman–Crippen MR) is 54.5 cm³/mol. The molecule has 1 aromatic rings. The van der Waals surface area contributed by atoms with Gasteiger partial charge >= 0.3 is 0 Å². The molecule has 0 aliphatic heterocycles. The van der Waals surface area contributed by atoms with Gasteiger partial charge in [0.25, 0.3) is 0 Å². The van der Waals surface area contributed by atoms with E-state index in [2.05, 4.69) is 0 Å². The Hall–Kier alpha value is -1.02. The quantitative estimate of drug-likeness (QED) is 0.720. The van der Waals surface area contributed by atoms with Gasteiger partial charge in [0.2, 0.25) is 0 Å². The first-order chi connectivity index (χ1) is 6.15. The normalized spacial score (nSPS) is 12.6. The van der Waals surface area contributed by atoms with Gasteiger partial charge in [0.15, 0.2) is 6.23 Å². The predicted octanol–water partition coefficient (Wildman–Crippen LogP) is 2.19. The van der Waals surface area contributed by atoms with Crippen LogP contribution < -0.4 is 10.5 Å². The monoisotopic (exact) mass is 178 g/mol. The third-order valence-electron chi connectivity index (χ3n) is 1.99. The second-order valence-electron chi connectivity index (χ2n) is 3.14. The molecule has 2 N–H and O–H groups in total. The second kappa shape index (κ2) is 4.28. The van der Waals surface area contributed by atoms with Crippen LogP contribution in [0.15, 0.2) is 18.2 Å². The molecule has 0 amide bonds. The zero-order valence-corrected chi connectivity index (χ0v) is 8.37. The zero-order chi connectivity index (χ0) is 9.84. The van der Waals surface area contributed by atoms with E-state index >= 15 is 0 Å². The molecule has 13 heavy (non-hydrogen) atoms. The summed E-state index contributed by atoms with van der Waals surface area (Å²) in [5, 5.41) is 0. The number of rotatable bonds is 3. The average Bonchev–Trinajstić information content (AvgIpc) is 2.11. The molecule has 0 fully saturated rings. The van der Waals surface area contributed by atoms with Crippen molar-refractivity contribution >= 4 is 0 Å². The molecule has 0 aromatic heterocycles. The van der Waals surface area contributed by atoms with Crippen molar-refractivity contribution in [3.05, 3.63) is 35.7 Å². The van der Waals surface area contributed by atoms with Crippen LogP contribution >= 0.6 is 0 Å². The minimum atomic E-state index is -0.320. The van der Waals surface area contributed by atoms with Crippen molar-refractivity contribution in [2.24, 2.45) is 5.73 Å². The fourth-order valence-corrected chi connectivity index (χ4v) is 1.19.